The Morgan fingerprint density at radius 3 is 2.78 bits per heavy atom. The first-order chi connectivity index (χ1) is 18.1. The van der Waals surface area contributed by atoms with Crippen molar-refractivity contribution in [1.29, 1.82) is 0 Å². The van der Waals surface area contributed by atoms with Crippen molar-refractivity contribution >= 4 is 39.8 Å². The van der Waals surface area contributed by atoms with E-state index in [0.717, 1.165) is 22.2 Å². The van der Waals surface area contributed by atoms with Crippen molar-refractivity contribution in [2.75, 3.05) is 56.8 Å². The van der Waals surface area contributed by atoms with Gasteiger partial charge in [0.05, 0.1) is 29.9 Å². The second-order valence-corrected chi connectivity index (χ2v) is 8.31. The highest BCUT2D eigenvalue weighted by atomic mass is 16.5. The van der Waals surface area contributed by atoms with E-state index in [1.54, 1.807) is 44.4 Å². The van der Waals surface area contributed by atoms with Gasteiger partial charge in [0, 0.05) is 57.8 Å². The van der Waals surface area contributed by atoms with Gasteiger partial charge in [-0.2, -0.15) is 0 Å². The summed E-state index contributed by atoms with van der Waals surface area (Å²) in [6, 6.07) is 13.3. The molecule has 9 nitrogen and oxygen atoms in total. The van der Waals surface area contributed by atoms with Crippen LogP contribution in [0.15, 0.2) is 67.5 Å². The molecule has 0 spiro atoms. The highest BCUT2D eigenvalue weighted by Gasteiger charge is 2.17. The van der Waals surface area contributed by atoms with Gasteiger partial charge < -0.3 is 30.2 Å². The number of benzene rings is 2. The zero-order valence-corrected chi connectivity index (χ0v) is 20.8. The van der Waals surface area contributed by atoms with Crippen LogP contribution in [0.3, 0.4) is 0 Å². The normalized spacial score (nSPS) is 12.1. The minimum atomic E-state index is -1.62. The number of carbonyl (C=O) groups excluding carboxylic acids is 1. The van der Waals surface area contributed by atoms with Crippen LogP contribution in [0.1, 0.15) is 2.74 Å². The number of aromatic amines is 1. The number of amides is 1. The molecule has 2 aromatic carbocycles. The summed E-state index contributed by atoms with van der Waals surface area (Å²) in [6.07, 6.45) is 4.76. The highest BCUT2D eigenvalue weighted by molar-refractivity contribution is 6.02. The Morgan fingerprint density at radius 1 is 1.22 bits per heavy atom. The SMILES string of the molecule is [2H]C([2H])(CN(C)c1cc(OC)c(Nc2nccc(-c3c[nH]c4ccccc34)n2)cc1NC(=O)C=C)N(C)C. The van der Waals surface area contributed by atoms with Gasteiger partial charge in [-0.15, -0.1) is 0 Å². The number of nitrogens with one attached hydrogen (secondary N) is 3. The van der Waals surface area contributed by atoms with Gasteiger partial charge in [-0.3, -0.25) is 4.79 Å². The van der Waals surface area contributed by atoms with Gasteiger partial charge in [-0.25, -0.2) is 9.97 Å². The number of hydrogen-bond donors (Lipinski definition) is 3. The number of rotatable bonds is 10. The van der Waals surface area contributed by atoms with E-state index in [-0.39, 0.29) is 6.54 Å². The second-order valence-electron chi connectivity index (χ2n) is 8.31. The molecule has 36 heavy (non-hydrogen) atoms. The number of methoxy groups -OCH3 is 1. The van der Waals surface area contributed by atoms with Gasteiger partial charge in [0.2, 0.25) is 11.9 Å². The molecule has 0 radical (unpaired) electrons. The molecular formula is C27H31N7O2. The minimum Gasteiger partial charge on any atom is -0.494 e. The van der Waals surface area contributed by atoms with E-state index in [1.165, 1.54) is 18.1 Å². The van der Waals surface area contributed by atoms with Crippen molar-refractivity contribution in [3.8, 4) is 17.0 Å². The van der Waals surface area contributed by atoms with E-state index in [0.29, 0.717) is 28.8 Å². The fourth-order valence-electron chi connectivity index (χ4n) is 3.74. The number of aromatic nitrogens is 3. The van der Waals surface area contributed by atoms with Gasteiger partial charge in [-0.05, 0) is 38.4 Å². The predicted molar refractivity (Wildman–Crippen MR) is 146 cm³/mol. The number of ether oxygens (including phenoxy) is 1. The summed E-state index contributed by atoms with van der Waals surface area (Å²) in [7, 11) is 6.63. The lowest BCUT2D eigenvalue weighted by Crippen LogP contribution is -2.29. The van der Waals surface area contributed by atoms with Crippen molar-refractivity contribution in [2.45, 2.75) is 0 Å². The first-order valence-corrected chi connectivity index (χ1v) is 11.3. The van der Waals surface area contributed by atoms with Crippen LogP contribution >= 0.6 is 0 Å². The summed E-state index contributed by atoms with van der Waals surface area (Å²) in [5.74, 6) is 0.413. The molecule has 0 bridgehead atoms. The average molecular weight is 488 g/mol. The Labute approximate surface area is 213 Å². The summed E-state index contributed by atoms with van der Waals surface area (Å²) < 4.78 is 22.3. The van der Waals surface area contributed by atoms with Crippen molar-refractivity contribution in [3.05, 3.63) is 67.5 Å². The quantitative estimate of drug-likeness (QED) is 0.283. The molecule has 0 aliphatic heterocycles. The van der Waals surface area contributed by atoms with Crippen LogP contribution in [0, 0.1) is 0 Å². The molecule has 0 saturated carbocycles. The fourth-order valence-corrected chi connectivity index (χ4v) is 3.74. The maximum absolute atomic E-state index is 12.2. The first-order valence-electron chi connectivity index (χ1n) is 12.3. The van der Waals surface area contributed by atoms with Crippen molar-refractivity contribution in [3.63, 3.8) is 0 Å². The number of fused-ring (bicyclic) bond motifs is 1. The van der Waals surface area contributed by atoms with Crippen LogP contribution in [0.2, 0.25) is 0 Å². The topological polar surface area (TPSA) is 98.4 Å². The van der Waals surface area contributed by atoms with Crippen LogP contribution < -0.4 is 20.3 Å². The third kappa shape index (κ3) is 5.47. The summed E-state index contributed by atoms with van der Waals surface area (Å²) in [6.45, 7) is 1.97. The van der Waals surface area contributed by atoms with E-state index in [9.17, 15) is 4.79 Å². The van der Waals surface area contributed by atoms with E-state index in [1.807, 2.05) is 36.5 Å². The number of carbonyl (C=O) groups is 1. The molecule has 9 heteroatoms. The molecule has 4 rings (SSSR count). The van der Waals surface area contributed by atoms with Crippen LogP contribution in [-0.4, -0.2) is 67.1 Å². The zero-order chi connectivity index (χ0) is 27.4. The minimum absolute atomic E-state index is 0.0443. The summed E-state index contributed by atoms with van der Waals surface area (Å²) >= 11 is 0. The standard InChI is InChI=1S/C27H31N7O2/c1-6-26(35)30-22-15-23(25(36-5)16-24(22)34(4)14-13-33(2)3)32-27-28-12-11-21(31-27)19-17-29-20-10-8-7-9-18(19)20/h6-12,15-17,29H,1,13-14H2,2-5H3,(H,30,35)(H,28,31,32)/i13D2. The largest absolute Gasteiger partial charge is 0.494 e. The average Bonchev–Trinajstić information content (AvgIpc) is 3.33. The Morgan fingerprint density at radius 2 is 2.03 bits per heavy atom. The van der Waals surface area contributed by atoms with Crippen molar-refractivity contribution in [2.24, 2.45) is 0 Å². The maximum Gasteiger partial charge on any atom is 0.247 e. The molecule has 4 aromatic rings. The summed E-state index contributed by atoms with van der Waals surface area (Å²) in [5.41, 5.74) is 4.24. The number of hydrogen-bond acceptors (Lipinski definition) is 7. The lowest BCUT2D eigenvalue weighted by atomic mass is 10.1. The number of H-pyrrole nitrogens is 1. The van der Waals surface area contributed by atoms with Gasteiger partial charge in [0.1, 0.15) is 5.75 Å². The first kappa shape index (κ1) is 22.1. The molecule has 186 valence electrons. The second kappa shape index (κ2) is 10.9. The highest BCUT2D eigenvalue weighted by Crippen LogP contribution is 2.38. The number of likely N-dealkylation sites (N-methyl/N-ethyl adjacent to an activating group) is 2. The van der Waals surface area contributed by atoms with Crippen molar-refractivity contribution < 1.29 is 12.3 Å². The molecule has 0 unspecified atom stereocenters. The van der Waals surface area contributed by atoms with Crippen LogP contribution in [0.5, 0.6) is 5.75 Å². The molecule has 2 heterocycles. The van der Waals surface area contributed by atoms with Crippen molar-refractivity contribution in [1.82, 2.24) is 19.9 Å². The van der Waals surface area contributed by atoms with Gasteiger partial charge in [0.15, 0.2) is 0 Å². The van der Waals surface area contributed by atoms with E-state index in [4.69, 9.17) is 12.5 Å². The summed E-state index contributed by atoms with van der Waals surface area (Å²) in [4.78, 5) is 27.8. The Balaban J connectivity index is 1.71. The Hall–Kier alpha value is -4.37. The molecule has 3 N–H and O–H groups in total. The summed E-state index contributed by atoms with van der Waals surface area (Å²) in [5, 5.41) is 7.07. The lowest BCUT2D eigenvalue weighted by Gasteiger charge is -2.26. The molecule has 0 fully saturated rings. The smallest absolute Gasteiger partial charge is 0.247 e. The number of anilines is 4. The van der Waals surface area contributed by atoms with Crippen LogP contribution in [0.25, 0.3) is 22.2 Å². The van der Waals surface area contributed by atoms with Gasteiger partial charge in [-0.1, -0.05) is 24.8 Å². The Kier molecular flexibility index (Phi) is 6.71. The molecule has 0 aliphatic carbocycles. The lowest BCUT2D eigenvalue weighted by molar-refractivity contribution is -0.111. The Bertz CT molecular complexity index is 1470. The zero-order valence-electron chi connectivity index (χ0n) is 22.8. The van der Waals surface area contributed by atoms with E-state index < -0.39 is 12.4 Å². The maximum atomic E-state index is 12.2. The number of nitrogens with zero attached hydrogens (tertiary/aromatic N) is 4. The monoisotopic (exact) mass is 487 g/mol. The molecule has 0 atom stereocenters. The molecule has 2 aromatic heterocycles. The van der Waals surface area contributed by atoms with Crippen LogP contribution in [0.4, 0.5) is 23.0 Å². The van der Waals surface area contributed by atoms with Crippen LogP contribution in [-0.2, 0) is 4.79 Å². The van der Waals surface area contributed by atoms with E-state index >= 15 is 0 Å². The van der Waals surface area contributed by atoms with Gasteiger partial charge >= 0.3 is 0 Å². The molecule has 0 saturated heterocycles. The molecule has 1 amide bonds. The predicted octanol–water partition coefficient (Wildman–Crippen LogP) is 4.50. The van der Waals surface area contributed by atoms with E-state index in [2.05, 4.69) is 27.2 Å². The fraction of sp³-hybridized carbons (Fsp3) is 0.222. The molecule has 0 aliphatic rings. The molecular weight excluding hydrogens is 454 g/mol. The third-order valence-corrected chi connectivity index (χ3v) is 5.56. The third-order valence-electron chi connectivity index (χ3n) is 5.56. The number of para-hydroxylation sites is 1. The van der Waals surface area contributed by atoms with Gasteiger partial charge in [0.25, 0.3) is 0 Å².